The van der Waals surface area contributed by atoms with Gasteiger partial charge in [-0.15, -0.1) is 0 Å². The van der Waals surface area contributed by atoms with Gasteiger partial charge in [0.1, 0.15) is 5.60 Å². The maximum absolute atomic E-state index is 11.2. The van der Waals surface area contributed by atoms with E-state index in [0.29, 0.717) is 5.92 Å². The molecule has 2 rings (SSSR count). The van der Waals surface area contributed by atoms with Crippen LogP contribution in [-0.2, 0) is 9.53 Å². The molecule has 3 heteroatoms. The molecule has 0 N–H and O–H groups in total. The molecule has 0 aromatic rings. The van der Waals surface area contributed by atoms with E-state index in [1.807, 2.05) is 0 Å². The van der Waals surface area contributed by atoms with Gasteiger partial charge in [0.2, 0.25) is 0 Å². The number of piperidine rings is 1. The number of fused-ring (bicyclic) bond motifs is 1. The fourth-order valence-corrected chi connectivity index (χ4v) is 3.19. The van der Waals surface area contributed by atoms with Crippen molar-refractivity contribution in [3.63, 3.8) is 0 Å². The Hall–Kier alpha value is -0.570. The quantitative estimate of drug-likeness (QED) is 0.620. The summed E-state index contributed by atoms with van der Waals surface area (Å²) in [5.74, 6) is 0.459. The second-order valence-corrected chi connectivity index (χ2v) is 5.11. The standard InChI is InChI=1S/C12H21NO2/c1-10(14)15-12-6-4-3-5-11(12)9-13(2)8-7-12/h11H,3-9H2,1-2H3/t11-,12-/m1/s1. The minimum Gasteiger partial charge on any atom is -0.459 e. The molecule has 0 bridgehead atoms. The number of hydrogen-bond acceptors (Lipinski definition) is 3. The van der Waals surface area contributed by atoms with Crippen LogP contribution in [-0.4, -0.2) is 36.6 Å². The van der Waals surface area contributed by atoms with Gasteiger partial charge in [-0.25, -0.2) is 0 Å². The van der Waals surface area contributed by atoms with Crippen molar-refractivity contribution in [3.05, 3.63) is 0 Å². The van der Waals surface area contributed by atoms with Crippen LogP contribution in [0, 0.1) is 5.92 Å². The number of esters is 1. The number of ether oxygens (including phenoxy) is 1. The van der Waals surface area contributed by atoms with E-state index >= 15 is 0 Å². The van der Waals surface area contributed by atoms with E-state index in [-0.39, 0.29) is 11.6 Å². The van der Waals surface area contributed by atoms with Crippen molar-refractivity contribution in [3.8, 4) is 0 Å². The van der Waals surface area contributed by atoms with Crippen molar-refractivity contribution < 1.29 is 9.53 Å². The number of rotatable bonds is 1. The van der Waals surface area contributed by atoms with Gasteiger partial charge in [0.15, 0.2) is 0 Å². The molecule has 0 aromatic carbocycles. The number of carbonyl (C=O) groups excluding carboxylic acids is 1. The highest BCUT2D eigenvalue weighted by Crippen LogP contribution is 2.42. The van der Waals surface area contributed by atoms with Crippen LogP contribution in [0.1, 0.15) is 39.0 Å². The highest BCUT2D eigenvalue weighted by molar-refractivity contribution is 5.66. The molecule has 15 heavy (non-hydrogen) atoms. The van der Waals surface area contributed by atoms with E-state index in [9.17, 15) is 4.79 Å². The van der Waals surface area contributed by atoms with Crippen molar-refractivity contribution >= 4 is 5.97 Å². The lowest BCUT2D eigenvalue weighted by molar-refractivity contribution is -0.176. The lowest BCUT2D eigenvalue weighted by Gasteiger charge is -2.48. The Bertz CT molecular complexity index is 254. The van der Waals surface area contributed by atoms with Gasteiger partial charge in [-0.05, 0) is 26.3 Å². The minimum absolute atomic E-state index is 0.105. The van der Waals surface area contributed by atoms with Crippen molar-refractivity contribution in [2.24, 2.45) is 5.92 Å². The van der Waals surface area contributed by atoms with E-state index < -0.39 is 0 Å². The van der Waals surface area contributed by atoms with Crippen LogP contribution in [0.4, 0.5) is 0 Å². The normalized spacial score (nSPS) is 37.1. The van der Waals surface area contributed by atoms with Gasteiger partial charge in [-0.3, -0.25) is 4.79 Å². The molecule has 0 spiro atoms. The minimum atomic E-state index is -0.114. The maximum atomic E-state index is 11.2. The molecule has 1 aliphatic heterocycles. The summed E-state index contributed by atoms with van der Waals surface area (Å²) in [4.78, 5) is 13.6. The van der Waals surface area contributed by atoms with Crippen LogP contribution in [0.15, 0.2) is 0 Å². The van der Waals surface area contributed by atoms with Crippen LogP contribution >= 0.6 is 0 Å². The van der Waals surface area contributed by atoms with Crippen LogP contribution in [0.2, 0.25) is 0 Å². The number of nitrogens with zero attached hydrogens (tertiary/aromatic N) is 1. The van der Waals surface area contributed by atoms with Crippen LogP contribution < -0.4 is 0 Å². The highest BCUT2D eigenvalue weighted by Gasteiger charge is 2.46. The molecule has 1 aliphatic carbocycles. The van der Waals surface area contributed by atoms with E-state index in [1.54, 1.807) is 6.92 Å². The van der Waals surface area contributed by atoms with Gasteiger partial charge in [0.25, 0.3) is 0 Å². The fraction of sp³-hybridized carbons (Fsp3) is 0.917. The average molecular weight is 211 g/mol. The Balaban J connectivity index is 2.12. The van der Waals surface area contributed by atoms with Gasteiger partial charge in [0, 0.05) is 32.4 Å². The number of carbonyl (C=O) groups is 1. The van der Waals surface area contributed by atoms with Crippen molar-refractivity contribution in [2.75, 3.05) is 20.1 Å². The number of likely N-dealkylation sites (tertiary alicyclic amines) is 1. The smallest absolute Gasteiger partial charge is 0.303 e. The Morgan fingerprint density at radius 1 is 1.40 bits per heavy atom. The first-order valence-corrected chi connectivity index (χ1v) is 6.00. The largest absolute Gasteiger partial charge is 0.459 e. The monoisotopic (exact) mass is 211 g/mol. The zero-order valence-corrected chi connectivity index (χ0v) is 9.79. The Kier molecular flexibility index (Phi) is 3.01. The van der Waals surface area contributed by atoms with Crippen molar-refractivity contribution in [2.45, 2.75) is 44.6 Å². The molecule has 0 amide bonds. The predicted octanol–water partition coefficient (Wildman–Crippen LogP) is 1.81. The molecule has 0 aromatic heterocycles. The molecule has 1 saturated carbocycles. The molecule has 1 heterocycles. The van der Waals surface area contributed by atoms with Gasteiger partial charge < -0.3 is 9.64 Å². The Morgan fingerprint density at radius 3 is 2.93 bits per heavy atom. The molecular weight excluding hydrogens is 190 g/mol. The topological polar surface area (TPSA) is 29.5 Å². The molecule has 2 fully saturated rings. The first kappa shape index (κ1) is 10.9. The van der Waals surface area contributed by atoms with Gasteiger partial charge in [0.05, 0.1) is 0 Å². The zero-order valence-electron chi connectivity index (χ0n) is 9.79. The van der Waals surface area contributed by atoms with Crippen molar-refractivity contribution in [1.29, 1.82) is 0 Å². The summed E-state index contributed by atoms with van der Waals surface area (Å²) in [6.07, 6.45) is 5.82. The van der Waals surface area contributed by atoms with E-state index in [2.05, 4.69) is 11.9 Å². The molecule has 2 atom stereocenters. The summed E-state index contributed by atoms with van der Waals surface area (Å²) in [6, 6.07) is 0. The van der Waals surface area contributed by atoms with Gasteiger partial charge >= 0.3 is 5.97 Å². The number of hydrogen-bond donors (Lipinski definition) is 0. The van der Waals surface area contributed by atoms with Crippen molar-refractivity contribution in [1.82, 2.24) is 4.90 Å². The van der Waals surface area contributed by atoms with E-state index in [4.69, 9.17) is 4.74 Å². The summed E-state index contributed by atoms with van der Waals surface area (Å²) < 4.78 is 5.67. The molecule has 2 aliphatic rings. The van der Waals surface area contributed by atoms with E-state index in [0.717, 1.165) is 25.9 Å². The second kappa shape index (κ2) is 4.12. The zero-order chi connectivity index (χ0) is 10.9. The fourth-order valence-electron chi connectivity index (χ4n) is 3.19. The first-order valence-electron chi connectivity index (χ1n) is 6.00. The molecule has 0 radical (unpaired) electrons. The predicted molar refractivity (Wildman–Crippen MR) is 58.6 cm³/mol. The third-order valence-corrected chi connectivity index (χ3v) is 3.94. The maximum Gasteiger partial charge on any atom is 0.303 e. The Morgan fingerprint density at radius 2 is 2.20 bits per heavy atom. The van der Waals surface area contributed by atoms with Gasteiger partial charge in [-0.1, -0.05) is 6.42 Å². The molecule has 86 valence electrons. The van der Waals surface area contributed by atoms with Crippen LogP contribution in [0.25, 0.3) is 0 Å². The summed E-state index contributed by atoms with van der Waals surface area (Å²) in [5.41, 5.74) is -0.114. The van der Waals surface area contributed by atoms with Gasteiger partial charge in [-0.2, -0.15) is 0 Å². The molecule has 1 saturated heterocycles. The summed E-state index contributed by atoms with van der Waals surface area (Å²) in [5, 5.41) is 0. The lowest BCUT2D eigenvalue weighted by Crippen LogP contribution is -2.54. The SMILES string of the molecule is CC(=O)O[C@@]12CCCC[C@@H]1CN(C)CC2. The Labute approximate surface area is 91.8 Å². The molecular formula is C12H21NO2. The third kappa shape index (κ3) is 2.17. The van der Waals surface area contributed by atoms with Crippen LogP contribution in [0.3, 0.4) is 0 Å². The molecule has 3 nitrogen and oxygen atoms in total. The summed E-state index contributed by atoms with van der Waals surface area (Å²) in [6.45, 7) is 3.69. The lowest BCUT2D eigenvalue weighted by atomic mass is 9.71. The average Bonchev–Trinajstić information content (AvgIpc) is 2.17. The second-order valence-electron chi connectivity index (χ2n) is 5.11. The summed E-state index contributed by atoms with van der Waals surface area (Å²) >= 11 is 0. The molecule has 0 unspecified atom stereocenters. The first-order chi connectivity index (χ1) is 7.12. The highest BCUT2D eigenvalue weighted by atomic mass is 16.6. The third-order valence-electron chi connectivity index (χ3n) is 3.94. The van der Waals surface area contributed by atoms with E-state index in [1.165, 1.54) is 19.3 Å². The summed E-state index contributed by atoms with van der Waals surface area (Å²) in [7, 11) is 2.16. The van der Waals surface area contributed by atoms with Crippen LogP contribution in [0.5, 0.6) is 0 Å².